The number of hydrogen-bond donors (Lipinski definition) is 3. The van der Waals surface area contributed by atoms with E-state index in [1.165, 1.54) is 12.1 Å². The predicted molar refractivity (Wildman–Crippen MR) is 79.5 cm³/mol. The summed E-state index contributed by atoms with van der Waals surface area (Å²) in [6, 6.07) is 4.62. The van der Waals surface area contributed by atoms with Crippen molar-refractivity contribution in [2.24, 2.45) is 0 Å². The molecule has 0 fully saturated rings. The number of carbonyl (C=O) groups is 3. The number of aryl methyl sites for hydroxylation is 1. The number of aromatic carboxylic acids is 1. The Hall–Kier alpha value is -2.57. The summed E-state index contributed by atoms with van der Waals surface area (Å²) >= 11 is 0. The Morgan fingerprint density at radius 2 is 1.64 bits per heavy atom. The molecule has 0 saturated heterocycles. The van der Waals surface area contributed by atoms with E-state index in [9.17, 15) is 14.4 Å². The van der Waals surface area contributed by atoms with Gasteiger partial charge in [-0.25, -0.2) is 4.79 Å². The molecule has 1 aromatic carbocycles. The van der Waals surface area contributed by atoms with Crippen molar-refractivity contribution in [3.63, 3.8) is 0 Å². The number of carboxylic acids is 3. The standard InChI is InChI=1S/C15H19NO6/c1-10-4-5-11(15(21)22)9-12(10)16(8-6-14(19)20)7-2-3-13(17)18/h4-5,9H,2-3,6-8H2,1H3,(H,17,18)(H,19,20)(H,21,22). The summed E-state index contributed by atoms with van der Waals surface area (Å²) in [5, 5.41) is 26.6. The maximum absolute atomic E-state index is 11.1. The van der Waals surface area contributed by atoms with Crippen LogP contribution in [0.25, 0.3) is 0 Å². The summed E-state index contributed by atoms with van der Waals surface area (Å²) in [5.41, 5.74) is 1.54. The summed E-state index contributed by atoms with van der Waals surface area (Å²) in [6.07, 6.45) is 0.219. The molecule has 0 aliphatic heterocycles. The Balaban J connectivity index is 2.97. The van der Waals surface area contributed by atoms with Crippen molar-refractivity contribution in [2.45, 2.75) is 26.2 Å². The molecule has 0 radical (unpaired) electrons. The molecule has 0 heterocycles. The predicted octanol–water partition coefficient (Wildman–Crippen LogP) is 1.84. The number of carboxylic acid groups (broad SMARTS) is 3. The van der Waals surface area contributed by atoms with E-state index in [1.807, 2.05) is 0 Å². The van der Waals surface area contributed by atoms with Gasteiger partial charge in [0.25, 0.3) is 0 Å². The highest BCUT2D eigenvalue weighted by atomic mass is 16.4. The van der Waals surface area contributed by atoms with Crippen LogP contribution in [0, 0.1) is 6.92 Å². The first-order valence-corrected chi connectivity index (χ1v) is 6.83. The van der Waals surface area contributed by atoms with E-state index in [0.717, 1.165) is 5.56 Å². The number of anilines is 1. The first kappa shape index (κ1) is 17.5. The van der Waals surface area contributed by atoms with Crippen LogP contribution >= 0.6 is 0 Å². The molecule has 7 heteroatoms. The number of hydrogen-bond acceptors (Lipinski definition) is 4. The summed E-state index contributed by atoms with van der Waals surface area (Å²) in [5.74, 6) is -2.95. The van der Waals surface area contributed by atoms with Crippen LogP contribution in [-0.2, 0) is 9.59 Å². The first-order chi connectivity index (χ1) is 10.3. The van der Waals surface area contributed by atoms with Crippen LogP contribution < -0.4 is 4.90 Å². The van der Waals surface area contributed by atoms with Crippen LogP contribution in [0.1, 0.15) is 35.2 Å². The number of aliphatic carboxylic acids is 2. The maximum atomic E-state index is 11.1. The molecule has 0 spiro atoms. The van der Waals surface area contributed by atoms with Crippen molar-refractivity contribution in [2.75, 3.05) is 18.0 Å². The van der Waals surface area contributed by atoms with Crippen LogP contribution in [0.15, 0.2) is 18.2 Å². The molecule has 0 aliphatic rings. The van der Waals surface area contributed by atoms with Gasteiger partial charge in [-0.15, -0.1) is 0 Å². The third-order valence-corrected chi connectivity index (χ3v) is 3.21. The molecule has 0 bridgehead atoms. The topological polar surface area (TPSA) is 115 Å². The molecule has 0 aliphatic carbocycles. The van der Waals surface area contributed by atoms with Crippen molar-refractivity contribution in [1.82, 2.24) is 0 Å². The molecule has 0 unspecified atom stereocenters. The average Bonchev–Trinajstić information content (AvgIpc) is 2.42. The van der Waals surface area contributed by atoms with Crippen molar-refractivity contribution in [1.29, 1.82) is 0 Å². The van der Waals surface area contributed by atoms with Gasteiger partial charge in [0.2, 0.25) is 0 Å². The lowest BCUT2D eigenvalue weighted by Crippen LogP contribution is -2.28. The maximum Gasteiger partial charge on any atom is 0.335 e. The van der Waals surface area contributed by atoms with E-state index in [2.05, 4.69) is 0 Å². The van der Waals surface area contributed by atoms with E-state index in [-0.39, 0.29) is 24.9 Å². The zero-order valence-electron chi connectivity index (χ0n) is 12.3. The summed E-state index contributed by atoms with van der Waals surface area (Å²) in [6.45, 7) is 2.34. The van der Waals surface area contributed by atoms with E-state index < -0.39 is 17.9 Å². The fourth-order valence-corrected chi connectivity index (χ4v) is 2.09. The van der Waals surface area contributed by atoms with Gasteiger partial charge < -0.3 is 20.2 Å². The summed E-state index contributed by atoms with van der Waals surface area (Å²) < 4.78 is 0. The highest BCUT2D eigenvalue weighted by molar-refractivity contribution is 5.89. The second kappa shape index (κ2) is 8.02. The van der Waals surface area contributed by atoms with Gasteiger partial charge in [0.1, 0.15) is 0 Å². The average molecular weight is 309 g/mol. The third-order valence-electron chi connectivity index (χ3n) is 3.21. The summed E-state index contributed by atoms with van der Waals surface area (Å²) in [4.78, 5) is 34.2. The van der Waals surface area contributed by atoms with Crippen molar-refractivity contribution in [3.8, 4) is 0 Å². The van der Waals surface area contributed by atoms with Crippen LogP contribution in [0.3, 0.4) is 0 Å². The molecular weight excluding hydrogens is 290 g/mol. The fourth-order valence-electron chi connectivity index (χ4n) is 2.09. The molecule has 120 valence electrons. The second-order valence-electron chi connectivity index (χ2n) is 4.93. The van der Waals surface area contributed by atoms with Gasteiger partial charge in [-0.2, -0.15) is 0 Å². The molecule has 1 aromatic rings. The molecule has 0 aromatic heterocycles. The zero-order valence-corrected chi connectivity index (χ0v) is 12.3. The van der Waals surface area contributed by atoms with E-state index in [4.69, 9.17) is 15.3 Å². The van der Waals surface area contributed by atoms with Gasteiger partial charge in [-0.3, -0.25) is 9.59 Å². The van der Waals surface area contributed by atoms with E-state index in [0.29, 0.717) is 18.7 Å². The van der Waals surface area contributed by atoms with Gasteiger partial charge in [0.15, 0.2) is 0 Å². The normalized spacial score (nSPS) is 10.2. The number of rotatable bonds is 9. The second-order valence-corrected chi connectivity index (χ2v) is 4.93. The molecular formula is C15H19NO6. The fraction of sp³-hybridized carbons (Fsp3) is 0.400. The molecule has 22 heavy (non-hydrogen) atoms. The Bertz CT molecular complexity index is 569. The van der Waals surface area contributed by atoms with Gasteiger partial charge >= 0.3 is 17.9 Å². The smallest absolute Gasteiger partial charge is 0.335 e. The Labute approximate surface area is 127 Å². The lowest BCUT2D eigenvalue weighted by Gasteiger charge is -2.26. The van der Waals surface area contributed by atoms with Crippen LogP contribution in [0.2, 0.25) is 0 Å². The zero-order chi connectivity index (χ0) is 16.7. The first-order valence-electron chi connectivity index (χ1n) is 6.83. The Morgan fingerprint density at radius 1 is 1.00 bits per heavy atom. The highest BCUT2D eigenvalue weighted by Crippen LogP contribution is 2.23. The Morgan fingerprint density at radius 3 is 2.18 bits per heavy atom. The quantitative estimate of drug-likeness (QED) is 0.637. The number of benzene rings is 1. The highest BCUT2D eigenvalue weighted by Gasteiger charge is 2.14. The van der Waals surface area contributed by atoms with E-state index >= 15 is 0 Å². The van der Waals surface area contributed by atoms with Gasteiger partial charge in [0.05, 0.1) is 12.0 Å². The van der Waals surface area contributed by atoms with E-state index in [1.54, 1.807) is 17.9 Å². The molecule has 0 atom stereocenters. The van der Waals surface area contributed by atoms with Gasteiger partial charge in [0, 0.05) is 25.2 Å². The molecule has 1 rings (SSSR count). The van der Waals surface area contributed by atoms with Gasteiger partial charge in [-0.05, 0) is 31.0 Å². The summed E-state index contributed by atoms with van der Waals surface area (Å²) in [7, 11) is 0. The monoisotopic (exact) mass is 309 g/mol. The minimum atomic E-state index is -1.06. The van der Waals surface area contributed by atoms with Crippen LogP contribution in [-0.4, -0.2) is 46.3 Å². The third kappa shape index (κ3) is 5.43. The lowest BCUT2D eigenvalue weighted by atomic mass is 10.1. The Kier molecular flexibility index (Phi) is 6.37. The van der Waals surface area contributed by atoms with Gasteiger partial charge in [-0.1, -0.05) is 6.07 Å². The largest absolute Gasteiger partial charge is 0.481 e. The van der Waals surface area contributed by atoms with Crippen LogP contribution in [0.5, 0.6) is 0 Å². The minimum absolute atomic E-state index is 0.0265. The lowest BCUT2D eigenvalue weighted by molar-refractivity contribution is -0.138. The molecule has 7 nitrogen and oxygen atoms in total. The van der Waals surface area contributed by atoms with Crippen molar-refractivity contribution < 1.29 is 29.7 Å². The minimum Gasteiger partial charge on any atom is -0.481 e. The molecule has 3 N–H and O–H groups in total. The number of nitrogens with zero attached hydrogens (tertiary/aromatic N) is 1. The van der Waals surface area contributed by atoms with Crippen molar-refractivity contribution >= 4 is 23.6 Å². The molecule has 0 saturated carbocycles. The molecule has 0 amide bonds. The SMILES string of the molecule is Cc1ccc(C(=O)O)cc1N(CCCC(=O)O)CCC(=O)O. The van der Waals surface area contributed by atoms with Crippen LogP contribution in [0.4, 0.5) is 5.69 Å². The van der Waals surface area contributed by atoms with Crippen molar-refractivity contribution in [3.05, 3.63) is 29.3 Å².